The Balaban J connectivity index is 1.43. The van der Waals surface area contributed by atoms with Gasteiger partial charge < -0.3 is 9.73 Å². The van der Waals surface area contributed by atoms with Crippen molar-refractivity contribution in [1.29, 1.82) is 0 Å². The van der Waals surface area contributed by atoms with Crippen LogP contribution in [0.15, 0.2) is 53.3 Å². The van der Waals surface area contributed by atoms with Crippen LogP contribution in [0, 0.1) is 0 Å². The fraction of sp³-hybridized carbons (Fsp3) is 0.176. The Bertz CT molecular complexity index is 863. The van der Waals surface area contributed by atoms with Gasteiger partial charge in [-0.1, -0.05) is 12.1 Å². The number of anilines is 1. The smallest absolute Gasteiger partial charge is 0.221 e. The molecule has 8 nitrogen and oxygen atoms in total. The van der Waals surface area contributed by atoms with E-state index in [9.17, 15) is 4.79 Å². The number of fused-ring (bicyclic) bond motifs is 1. The molecular weight excluding hydrogens is 320 g/mol. The molecule has 0 saturated heterocycles. The third-order valence-corrected chi connectivity index (χ3v) is 3.81. The molecule has 3 N–H and O–H groups in total. The van der Waals surface area contributed by atoms with Gasteiger partial charge in [0.25, 0.3) is 0 Å². The lowest BCUT2D eigenvalue weighted by Gasteiger charge is -2.16. The zero-order valence-electron chi connectivity index (χ0n) is 13.7. The average Bonchev–Trinajstić information content (AvgIpc) is 3.28. The number of carbonyl (C=O) groups is 1. The van der Waals surface area contributed by atoms with Gasteiger partial charge in [-0.25, -0.2) is 20.6 Å². The van der Waals surface area contributed by atoms with E-state index in [0.717, 1.165) is 28.5 Å². The van der Waals surface area contributed by atoms with Crippen LogP contribution in [-0.2, 0) is 17.9 Å². The molecule has 0 bridgehead atoms. The topological polar surface area (TPSA) is 87.4 Å². The van der Waals surface area contributed by atoms with Gasteiger partial charge in [0.2, 0.25) is 5.91 Å². The molecular formula is C17H18N6O2. The van der Waals surface area contributed by atoms with Crippen molar-refractivity contribution in [2.45, 2.75) is 20.0 Å². The van der Waals surface area contributed by atoms with E-state index in [2.05, 4.69) is 21.3 Å². The molecule has 1 aliphatic rings. The summed E-state index contributed by atoms with van der Waals surface area (Å²) >= 11 is 0. The van der Waals surface area contributed by atoms with Crippen LogP contribution >= 0.6 is 0 Å². The van der Waals surface area contributed by atoms with Gasteiger partial charge in [-0.05, 0) is 24.3 Å². The molecule has 1 aromatic carbocycles. The first-order valence-electron chi connectivity index (χ1n) is 7.94. The first kappa shape index (κ1) is 15.4. The van der Waals surface area contributed by atoms with E-state index in [1.807, 2.05) is 52.4 Å². The molecule has 3 heterocycles. The maximum Gasteiger partial charge on any atom is 0.221 e. The molecule has 0 aliphatic carbocycles. The van der Waals surface area contributed by atoms with Crippen LogP contribution in [0.25, 0.3) is 11.3 Å². The Morgan fingerprint density at radius 3 is 3.04 bits per heavy atom. The third-order valence-electron chi connectivity index (χ3n) is 3.81. The Kier molecular flexibility index (Phi) is 3.96. The SMILES string of the molecule is CC(=O)Nc1cccc(-c2cn3c(n2)CN(NCc2ccco2)N3)c1. The Morgan fingerprint density at radius 2 is 2.28 bits per heavy atom. The lowest BCUT2D eigenvalue weighted by atomic mass is 10.1. The number of imidazole rings is 1. The van der Waals surface area contributed by atoms with Crippen LogP contribution in [-0.4, -0.2) is 20.7 Å². The molecule has 0 fully saturated rings. The number of carbonyl (C=O) groups excluding carboxylic acids is 1. The van der Waals surface area contributed by atoms with Crippen molar-refractivity contribution >= 4 is 11.6 Å². The predicted molar refractivity (Wildman–Crippen MR) is 92.4 cm³/mol. The minimum absolute atomic E-state index is 0.0931. The average molecular weight is 338 g/mol. The second-order valence-corrected chi connectivity index (χ2v) is 5.77. The standard InChI is InChI=1S/C17H18N6O2/c1-12(24)19-14-5-2-4-13(8-14)16-10-22-17(20-16)11-23(21-22)18-9-15-6-3-7-25-15/h2-8,10,18,21H,9,11H2,1H3,(H,19,24). The van der Waals surface area contributed by atoms with Crippen molar-refractivity contribution in [3.05, 3.63) is 60.4 Å². The second-order valence-electron chi connectivity index (χ2n) is 5.77. The normalized spacial score (nSPS) is 13.5. The summed E-state index contributed by atoms with van der Waals surface area (Å²) < 4.78 is 7.17. The van der Waals surface area contributed by atoms with Crippen molar-refractivity contribution in [2.24, 2.45) is 0 Å². The van der Waals surface area contributed by atoms with Gasteiger partial charge in [0.1, 0.15) is 11.6 Å². The van der Waals surface area contributed by atoms with Crippen LogP contribution in [0.3, 0.4) is 0 Å². The number of hydrogen-bond donors (Lipinski definition) is 3. The third kappa shape index (κ3) is 3.39. The lowest BCUT2D eigenvalue weighted by molar-refractivity contribution is -0.114. The van der Waals surface area contributed by atoms with Gasteiger partial charge in [-0.15, -0.1) is 5.12 Å². The summed E-state index contributed by atoms with van der Waals surface area (Å²) in [7, 11) is 0. The van der Waals surface area contributed by atoms with Crippen molar-refractivity contribution in [2.75, 3.05) is 10.9 Å². The molecule has 3 aromatic rings. The van der Waals surface area contributed by atoms with Crippen molar-refractivity contribution in [1.82, 2.24) is 20.2 Å². The van der Waals surface area contributed by atoms with Crippen molar-refractivity contribution < 1.29 is 9.21 Å². The highest BCUT2D eigenvalue weighted by Crippen LogP contribution is 2.23. The minimum atomic E-state index is -0.0931. The van der Waals surface area contributed by atoms with E-state index in [-0.39, 0.29) is 5.91 Å². The summed E-state index contributed by atoms with van der Waals surface area (Å²) in [6.07, 6.45) is 3.58. The summed E-state index contributed by atoms with van der Waals surface area (Å²) in [6, 6.07) is 11.4. The van der Waals surface area contributed by atoms with Crippen molar-refractivity contribution in [3.8, 4) is 11.3 Å². The first-order valence-corrected chi connectivity index (χ1v) is 7.94. The summed E-state index contributed by atoms with van der Waals surface area (Å²) in [5.41, 5.74) is 8.98. The van der Waals surface area contributed by atoms with E-state index in [1.54, 1.807) is 6.26 Å². The summed E-state index contributed by atoms with van der Waals surface area (Å²) in [6.45, 7) is 2.70. The number of nitrogens with one attached hydrogen (secondary N) is 3. The van der Waals surface area contributed by atoms with Crippen LogP contribution in [0.1, 0.15) is 18.5 Å². The minimum Gasteiger partial charge on any atom is -0.468 e. The summed E-state index contributed by atoms with van der Waals surface area (Å²) in [4.78, 5) is 15.9. The maximum atomic E-state index is 11.2. The van der Waals surface area contributed by atoms with Gasteiger partial charge in [0.15, 0.2) is 0 Å². The zero-order valence-corrected chi connectivity index (χ0v) is 13.7. The summed E-state index contributed by atoms with van der Waals surface area (Å²) in [5, 5.41) is 4.63. The number of hydrogen-bond acceptors (Lipinski definition) is 6. The van der Waals surface area contributed by atoms with Gasteiger partial charge in [-0.3, -0.25) is 4.79 Å². The van der Waals surface area contributed by atoms with E-state index < -0.39 is 0 Å². The highest BCUT2D eigenvalue weighted by atomic mass is 16.3. The number of benzene rings is 1. The van der Waals surface area contributed by atoms with E-state index in [1.165, 1.54) is 6.92 Å². The van der Waals surface area contributed by atoms with Crippen LogP contribution in [0.2, 0.25) is 0 Å². The van der Waals surface area contributed by atoms with Gasteiger partial charge in [0.05, 0.1) is 31.2 Å². The quantitative estimate of drug-likeness (QED) is 0.660. The number of nitrogens with zero attached hydrogens (tertiary/aromatic N) is 3. The fourth-order valence-electron chi connectivity index (χ4n) is 2.70. The second kappa shape index (κ2) is 6.42. The Labute approximate surface area is 144 Å². The highest BCUT2D eigenvalue weighted by molar-refractivity contribution is 5.89. The Hall–Kier alpha value is -3.10. The molecule has 2 aromatic heterocycles. The van der Waals surface area contributed by atoms with E-state index in [0.29, 0.717) is 13.1 Å². The monoisotopic (exact) mass is 338 g/mol. The molecule has 1 amide bonds. The molecule has 0 atom stereocenters. The predicted octanol–water partition coefficient (Wildman–Crippen LogP) is 2.08. The zero-order chi connectivity index (χ0) is 17.2. The number of rotatable bonds is 5. The first-order chi connectivity index (χ1) is 12.2. The molecule has 0 unspecified atom stereocenters. The number of furan rings is 1. The van der Waals surface area contributed by atoms with Crippen molar-refractivity contribution in [3.63, 3.8) is 0 Å². The van der Waals surface area contributed by atoms with Crippen LogP contribution < -0.4 is 16.3 Å². The lowest BCUT2D eigenvalue weighted by Crippen LogP contribution is -2.39. The molecule has 1 aliphatic heterocycles. The number of hydrazine groups is 2. The molecule has 4 rings (SSSR count). The molecule has 25 heavy (non-hydrogen) atoms. The van der Waals surface area contributed by atoms with Gasteiger partial charge >= 0.3 is 0 Å². The largest absolute Gasteiger partial charge is 0.468 e. The van der Waals surface area contributed by atoms with Gasteiger partial charge in [0, 0.05) is 18.2 Å². The van der Waals surface area contributed by atoms with Gasteiger partial charge in [-0.2, -0.15) is 0 Å². The Morgan fingerprint density at radius 1 is 1.36 bits per heavy atom. The maximum absolute atomic E-state index is 11.2. The number of aromatic nitrogens is 2. The van der Waals surface area contributed by atoms with Crippen LogP contribution in [0.5, 0.6) is 0 Å². The highest BCUT2D eigenvalue weighted by Gasteiger charge is 2.21. The molecule has 0 saturated carbocycles. The summed E-state index contributed by atoms with van der Waals surface area (Å²) in [5.74, 6) is 1.66. The van der Waals surface area contributed by atoms with E-state index >= 15 is 0 Å². The molecule has 0 spiro atoms. The molecule has 128 valence electrons. The molecule has 8 heteroatoms. The fourth-order valence-corrected chi connectivity index (χ4v) is 2.70. The van der Waals surface area contributed by atoms with Crippen LogP contribution in [0.4, 0.5) is 5.69 Å². The van der Waals surface area contributed by atoms with E-state index in [4.69, 9.17) is 4.42 Å². The number of amides is 1. The molecule has 0 radical (unpaired) electrons.